The highest BCUT2D eigenvalue weighted by molar-refractivity contribution is 5.86. The van der Waals surface area contributed by atoms with Crippen molar-refractivity contribution >= 4 is 5.97 Å². The van der Waals surface area contributed by atoms with Crippen molar-refractivity contribution in [2.75, 3.05) is 14.2 Å². The van der Waals surface area contributed by atoms with E-state index >= 15 is 0 Å². The molecule has 1 aromatic rings. The minimum Gasteiger partial charge on any atom is -0.463 e. The van der Waals surface area contributed by atoms with Crippen molar-refractivity contribution < 1.29 is 13.9 Å². The Balaban J connectivity index is 2.70. The normalized spacial score (nSPS) is 9.83. The molecule has 12 heavy (non-hydrogen) atoms. The van der Waals surface area contributed by atoms with Crippen LogP contribution in [0.25, 0.3) is 0 Å². The fraction of sp³-hybridized carbons (Fsp3) is 0.375. The van der Waals surface area contributed by atoms with Crippen LogP contribution in [0.2, 0.25) is 0 Å². The number of esters is 1. The molecule has 0 aliphatic carbocycles. The number of furan rings is 1. The van der Waals surface area contributed by atoms with E-state index in [0.29, 0.717) is 6.54 Å². The fourth-order valence-corrected chi connectivity index (χ4v) is 0.857. The molecule has 1 heterocycles. The van der Waals surface area contributed by atoms with Gasteiger partial charge in [-0.15, -0.1) is 0 Å². The molecule has 0 amide bonds. The van der Waals surface area contributed by atoms with E-state index < -0.39 is 5.97 Å². The van der Waals surface area contributed by atoms with Gasteiger partial charge in [0.05, 0.1) is 13.7 Å². The van der Waals surface area contributed by atoms with E-state index in [1.54, 1.807) is 19.2 Å². The van der Waals surface area contributed by atoms with E-state index in [0.717, 1.165) is 5.76 Å². The summed E-state index contributed by atoms with van der Waals surface area (Å²) >= 11 is 0. The lowest BCUT2D eigenvalue weighted by Gasteiger charge is -1.94. The van der Waals surface area contributed by atoms with E-state index in [4.69, 9.17) is 4.42 Å². The van der Waals surface area contributed by atoms with E-state index in [1.165, 1.54) is 7.11 Å². The number of hydrogen-bond donors (Lipinski definition) is 1. The van der Waals surface area contributed by atoms with Gasteiger partial charge in [-0.3, -0.25) is 0 Å². The van der Waals surface area contributed by atoms with Gasteiger partial charge in [0.2, 0.25) is 5.76 Å². The molecule has 0 aromatic carbocycles. The Bertz CT molecular complexity index is 267. The molecular formula is C8H11NO3. The van der Waals surface area contributed by atoms with Crippen LogP contribution < -0.4 is 5.32 Å². The molecule has 1 rings (SSSR count). The van der Waals surface area contributed by atoms with Crippen LogP contribution in [-0.4, -0.2) is 20.1 Å². The lowest BCUT2D eigenvalue weighted by atomic mass is 10.4. The second kappa shape index (κ2) is 3.92. The van der Waals surface area contributed by atoms with E-state index in [-0.39, 0.29) is 5.76 Å². The summed E-state index contributed by atoms with van der Waals surface area (Å²) in [4.78, 5) is 10.9. The summed E-state index contributed by atoms with van der Waals surface area (Å²) in [5.41, 5.74) is 0. The van der Waals surface area contributed by atoms with Crippen LogP contribution >= 0.6 is 0 Å². The number of nitrogens with one attached hydrogen (secondary N) is 1. The van der Waals surface area contributed by atoms with Crippen LogP contribution in [0.3, 0.4) is 0 Å². The van der Waals surface area contributed by atoms with Gasteiger partial charge in [0.15, 0.2) is 0 Å². The summed E-state index contributed by atoms with van der Waals surface area (Å²) in [7, 11) is 3.13. The van der Waals surface area contributed by atoms with Gasteiger partial charge in [-0.05, 0) is 19.2 Å². The molecule has 0 bridgehead atoms. The van der Waals surface area contributed by atoms with Gasteiger partial charge in [0.25, 0.3) is 0 Å². The second-order valence-electron chi connectivity index (χ2n) is 2.29. The zero-order valence-electron chi connectivity index (χ0n) is 7.09. The Kier molecular flexibility index (Phi) is 2.88. The van der Waals surface area contributed by atoms with E-state index in [9.17, 15) is 4.79 Å². The van der Waals surface area contributed by atoms with Crippen molar-refractivity contribution in [2.45, 2.75) is 6.54 Å². The first-order chi connectivity index (χ1) is 5.77. The van der Waals surface area contributed by atoms with Gasteiger partial charge >= 0.3 is 5.97 Å². The van der Waals surface area contributed by atoms with Crippen LogP contribution in [0.1, 0.15) is 16.3 Å². The first-order valence-electron chi connectivity index (χ1n) is 3.59. The van der Waals surface area contributed by atoms with E-state index in [1.807, 2.05) is 0 Å². The average molecular weight is 169 g/mol. The molecule has 0 aliphatic heterocycles. The summed E-state index contributed by atoms with van der Waals surface area (Å²) < 4.78 is 9.61. The molecule has 4 nitrogen and oxygen atoms in total. The molecule has 0 unspecified atom stereocenters. The van der Waals surface area contributed by atoms with Crippen LogP contribution in [0, 0.1) is 0 Å². The maximum Gasteiger partial charge on any atom is 0.373 e. The topological polar surface area (TPSA) is 51.5 Å². The van der Waals surface area contributed by atoms with Crippen molar-refractivity contribution in [3.05, 3.63) is 23.7 Å². The van der Waals surface area contributed by atoms with Crippen LogP contribution in [-0.2, 0) is 11.3 Å². The van der Waals surface area contributed by atoms with Gasteiger partial charge in [0, 0.05) is 0 Å². The molecule has 4 heteroatoms. The highest BCUT2D eigenvalue weighted by atomic mass is 16.5. The lowest BCUT2D eigenvalue weighted by Crippen LogP contribution is -2.04. The first-order valence-corrected chi connectivity index (χ1v) is 3.59. The van der Waals surface area contributed by atoms with Gasteiger partial charge in [-0.25, -0.2) is 4.79 Å². The smallest absolute Gasteiger partial charge is 0.373 e. The first kappa shape index (κ1) is 8.80. The van der Waals surface area contributed by atoms with Gasteiger partial charge in [-0.2, -0.15) is 0 Å². The molecule has 1 N–H and O–H groups in total. The number of methoxy groups -OCH3 is 1. The molecule has 0 saturated heterocycles. The summed E-state index contributed by atoms with van der Waals surface area (Å²) in [6.45, 7) is 0.608. The zero-order valence-corrected chi connectivity index (χ0v) is 7.09. The number of carbonyl (C=O) groups excluding carboxylic acids is 1. The van der Waals surface area contributed by atoms with Gasteiger partial charge in [-0.1, -0.05) is 0 Å². The third kappa shape index (κ3) is 1.85. The highest BCUT2D eigenvalue weighted by Crippen LogP contribution is 2.08. The van der Waals surface area contributed by atoms with Crippen molar-refractivity contribution in [1.82, 2.24) is 5.32 Å². The molecule has 0 saturated carbocycles. The molecule has 0 radical (unpaired) electrons. The molecule has 0 fully saturated rings. The molecule has 0 atom stereocenters. The lowest BCUT2D eigenvalue weighted by molar-refractivity contribution is 0.0563. The predicted octanol–water partition coefficient (Wildman–Crippen LogP) is 0.786. The second-order valence-corrected chi connectivity index (χ2v) is 2.29. The monoisotopic (exact) mass is 169 g/mol. The maximum absolute atomic E-state index is 10.9. The minimum atomic E-state index is -0.447. The van der Waals surface area contributed by atoms with E-state index in [2.05, 4.69) is 10.1 Å². The Morgan fingerprint density at radius 1 is 1.67 bits per heavy atom. The van der Waals surface area contributed by atoms with Gasteiger partial charge in [0.1, 0.15) is 5.76 Å². The summed E-state index contributed by atoms with van der Waals surface area (Å²) in [6.07, 6.45) is 0. The predicted molar refractivity (Wildman–Crippen MR) is 42.8 cm³/mol. The van der Waals surface area contributed by atoms with Crippen molar-refractivity contribution in [3.8, 4) is 0 Å². The number of hydrogen-bond acceptors (Lipinski definition) is 4. The Morgan fingerprint density at radius 3 is 3.00 bits per heavy atom. The maximum atomic E-state index is 10.9. The quantitative estimate of drug-likeness (QED) is 0.679. The zero-order chi connectivity index (χ0) is 8.97. The largest absolute Gasteiger partial charge is 0.463 e. The van der Waals surface area contributed by atoms with Gasteiger partial charge < -0.3 is 14.5 Å². The van der Waals surface area contributed by atoms with Crippen LogP contribution in [0.5, 0.6) is 0 Å². The Labute approximate surface area is 70.5 Å². The molecule has 1 aromatic heterocycles. The average Bonchev–Trinajstić information content (AvgIpc) is 2.52. The third-order valence-corrected chi connectivity index (χ3v) is 1.40. The standard InChI is InChI=1S/C8H11NO3/c1-9-5-6-3-4-7(12-6)8(10)11-2/h3-4,9H,5H2,1-2H3. The minimum absolute atomic E-state index is 0.239. The van der Waals surface area contributed by atoms with Crippen molar-refractivity contribution in [2.24, 2.45) is 0 Å². The van der Waals surface area contributed by atoms with Crippen molar-refractivity contribution in [3.63, 3.8) is 0 Å². The number of rotatable bonds is 3. The number of carbonyl (C=O) groups is 1. The number of ether oxygens (including phenoxy) is 1. The Hall–Kier alpha value is -1.29. The van der Waals surface area contributed by atoms with Crippen LogP contribution in [0.15, 0.2) is 16.5 Å². The SMILES string of the molecule is CNCc1ccc(C(=O)OC)o1. The van der Waals surface area contributed by atoms with Crippen LogP contribution in [0.4, 0.5) is 0 Å². The summed E-state index contributed by atoms with van der Waals surface area (Å²) in [6, 6.07) is 3.33. The summed E-state index contributed by atoms with van der Waals surface area (Å²) in [5, 5.41) is 2.91. The fourth-order valence-electron chi connectivity index (χ4n) is 0.857. The summed E-state index contributed by atoms with van der Waals surface area (Å²) in [5.74, 6) is 0.512. The van der Waals surface area contributed by atoms with Crippen molar-refractivity contribution in [1.29, 1.82) is 0 Å². The highest BCUT2D eigenvalue weighted by Gasteiger charge is 2.09. The molecule has 66 valence electrons. The third-order valence-electron chi connectivity index (χ3n) is 1.40. The molecule has 0 aliphatic rings. The molecule has 0 spiro atoms. The Morgan fingerprint density at radius 2 is 2.42 bits per heavy atom. The molecular weight excluding hydrogens is 158 g/mol.